The number of anilines is 1. The number of benzene rings is 1. The molecule has 0 bridgehead atoms. The lowest BCUT2D eigenvalue weighted by Gasteiger charge is -2.10. The van der Waals surface area contributed by atoms with Crippen LogP contribution in [0.15, 0.2) is 47.2 Å². The molecule has 0 unspecified atom stereocenters. The van der Waals surface area contributed by atoms with Crippen LogP contribution in [0.2, 0.25) is 0 Å². The number of amides is 1. The van der Waals surface area contributed by atoms with Gasteiger partial charge >= 0.3 is 0 Å². The number of fused-ring (bicyclic) bond motifs is 1. The summed E-state index contributed by atoms with van der Waals surface area (Å²) in [6, 6.07) is 8.97. The number of aromatic nitrogens is 5. The van der Waals surface area contributed by atoms with Crippen molar-refractivity contribution in [2.24, 2.45) is 0 Å². The fourth-order valence-electron chi connectivity index (χ4n) is 3.97. The molecular weight excluding hydrogens is 494 g/mol. The Labute approximate surface area is 196 Å². The first-order valence-corrected chi connectivity index (χ1v) is 11.4. The first-order chi connectivity index (χ1) is 15.9. The minimum Gasteiger partial charge on any atom is -0.324 e. The lowest BCUT2D eigenvalue weighted by atomic mass is 10.1. The predicted molar refractivity (Wildman–Crippen MR) is 123 cm³/mol. The third kappa shape index (κ3) is 4.66. The first-order valence-electron chi connectivity index (χ1n) is 10.6. The van der Waals surface area contributed by atoms with E-state index in [0.717, 1.165) is 22.9 Å². The van der Waals surface area contributed by atoms with Crippen LogP contribution in [0, 0.1) is 6.92 Å². The molecule has 1 aromatic carbocycles. The van der Waals surface area contributed by atoms with Gasteiger partial charge in [-0.1, -0.05) is 12.1 Å². The molecule has 1 N–H and O–H groups in total. The highest BCUT2D eigenvalue weighted by Gasteiger charge is 2.29. The highest BCUT2D eigenvalue weighted by molar-refractivity contribution is 9.10. The van der Waals surface area contributed by atoms with Gasteiger partial charge in [-0.05, 0) is 59.5 Å². The minimum absolute atomic E-state index is 0.0657. The highest BCUT2D eigenvalue weighted by Crippen LogP contribution is 2.41. The number of carbonyl (C=O) groups is 1. The zero-order valence-corrected chi connectivity index (χ0v) is 19.4. The van der Waals surface area contributed by atoms with Gasteiger partial charge in [0.15, 0.2) is 5.65 Å². The third-order valence-corrected chi connectivity index (χ3v) is 6.02. The van der Waals surface area contributed by atoms with E-state index in [0.29, 0.717) is 34.7 Å². The largest absolute Gasteiger partial charge is 0.324 e. The van der Waals surface area contributed by atoms with Crippen molar-refractivity contribution in [2.75, 3.05) is 5.32 Å². The van der Waals surface area contributed by atoms with Gasteiger partial charge in [0.2, 0.25) is 5.91 Å². The molecule has 3 heterocycles. The zero-order valence-electron chi connectivity index (χ0n) is 17.8. The van der Waals surface area contributed by atoms with Crippen LogP contribution in [0.4, 0.5) is 14.5 Å². The van der Waals surface area contributed by atoms with Crippen molar-refractivity contribution < 1.29 is 13.6 Å². The molecule has 5 rings (SSSR count). The summed E-state index contributed by atoms with van der Waals surface area (Å²) in [7, 11) is 0. The maximum atomic E-state index is 13.7. The molecule has 0 aliphatic heterocycles. The van der Waals surface area contributed by atoms with Gasteiger partial charge in [0.05, 0.1) is 28.3 Å². The summed E-state index contributed by atoms with van der Waals surface area (Å²) in [5.74, 6) is -0.0989. The standard InChI is InChI=1S/C23H21BrF2N6O/c1-13-21-18(22(25)26)8-19(15-5-6-15)29-23(21)32(30-13)12-20(33)28-17-4-2-3-14(7-17)10-31-11-16(24)9-27-31/h2-4,7-9,11,15,22H,5-6,10,12H2,1H3,(H,28,33). The summed E-state index contributed by atoms with van der Waals surface area (Å²) in [6.45, 7) is 2.10. The summed E-state index contributed by atoms with van der Waals surface area (Å²) in [5, 5.41) is 11.8. The van der Waals surface area contributed by atoms with Gasteiger partial charge in [-0.25, -0.2) is 18.4 Å². The Balaban J connectivity index is 1.37. The number of halogens is 3. The Morgan fingerprint density at radius 2 is 2.12 bits per heavy atom. The summed E-state index contributed by atoms with van der Waals surface area (Å²) in [6.07, 6.45) is 2.84. The van der Waals surface area contributed by atoms with Gasteiger partial charge in [-0.2, -0.15) is 10.2 Å². The Hall–Kier alpha value is -3.14. The molecule has 1 aliphatic rings. The summed E-state index contributed by atoms with van der Waals surface area (Å²) in [5.41, 5.74) is 2.97. The van der Waals surface area contributed by atoms with E-state index < -0.39 is 6.43 Å². The van der Waals surface area contributed by atoms with E-state index >= 15 is 0 Å². The average molecular weight is 515 g/mol. The molecule has 170 valence electrons. The van der Waals surface area contributed by atoms with Gasteiger partial charge in [-0.15, -0.1) is 0 Å². The highest BCUT2D eigenvalue weighted by atomic mass is 79.9. The maximum Gasteiger partial charge on any atom is 0.264 e. The molecular formula is C23H21BrF2N6O. The third-order valence-electron chi connectivity index (χ3n) is 5.61. The van der Waals surface area contributed by atoms with Crippen molar-refractivity contribution in [3.8, 4) is 0 Å². The van der Waals surface area contributed by atoms with E-state index in [-0.39, 0.29) is 23.9 Å². The number of nitrogens with zero attached hydrogens (tertiary/aromatic N) is 5. The molecule has 4 aromatic rings. The number of hydrogen-bond donors (Lipinski definition) is 1. The predicted octanol–water partition coefficient (Wildman–Crippen LogP) is 5.20. The maximum absolute atomic E-state index is 13.7. The molecule has 33 heavy (non-hydrogen) atoms. The molecule has 0 atom stereocenters. The molecule has 1 aliphatic carbocycles. The number of hydrogen-bond acceptors (Lipinski definition) is 4. The van der Waals surface area contributed by atoms with Crippen molar-refractivity contribution in [2.45, 2.75) is 45.2 Å². The summed E-state index contributed by atoms with van der Waals surface area (Å²) >= 11 is 3.38. The lowest BCUT2D eigenvalue weighted by Crippen LogP contribution is -2.20. The van der Waals surface area contributed by atoms with Gasteiger partial charge in [0.1, 0.15) is 6.54 Å². The van der Waals surface area contributed by atoms with E-state index in [1.54, 1.807) is 23.9 Å². The van der Waals surface area contributed by atoms with Crippen LogP contribution in [0.5, 0.6) is 0 Å². The fourth-order valence-corrected chi connectivity index (χ4v) is 4.30. The number of nitrogens with one attached hydrogen (secondary N) is 1. The number of pyridine rings is 1. The van der Waals surface area contributed by atoms with Crippen LogP contribution in [0.25, 0.3) is 11.0 Å². The monoisotopic (exact) mass is 514 g/mol. The second kappa shape index (κ2) is 8.66. The minimum atomic E-state index is -2.63. The van der Waals surface area contributed by atoms with E-state index in [9.17, 15) is 13.6 Å². The number of alkyl halides is 2. The van der Waals surface area contributed by atoms with E-state index in [1.165, 1.54) is 10.7 Å². The Morgan fingerprint density at radius 1 is 1.30 bits per heavy atom. The van der Waals surface area contributed by atoms with Crippen molar-refractivity contribution in [3.63, 3.8) is 0 Å². The van der Waals surface area contributed by atoms with Gasteiger partial charge in [0.25, 0.3) is 6.43 Å². The molecule has 1 amide bonds. The van der Waals surface area contributed by atoms with Crippen LogP contribution >= 0.6 is 15.9 Å². The molecule has 7 nitrogen and oxygen atoms in total. The number of carbonyl (C=O) groups excluding carboxylic acids is 1. The van der Waals surface area contributed by atoms with Crippen molar-refractivity contribution in [3.05, 3.63) is 69.7 Å². The second-order valence-corrected chi connectivity index (χ2v) is 9.17. The second-order valence-electron chi connectivity index (χ2n) is 8.26. The summed E-state index contributed by atoms with van der Waals surface area (Å²) < 4.78 is 31.6. The SMILES string of the molecule is Cc1nn(CC(=O)Nc2cccc(Cn3cc(Br)cn3)c2)c2nc(C3CC3)cc(C(F)F)c12. The first kappa shape index (κ1) is 21.7. The quantitative estimate of drug-likeness (QED) is 0.367. The molecule has 0 saturated heterocycles. The number of aryl methyl sites for hydroxylation is 1. The molecule has 1 fully saturated rings. The fraction of sp³-hybridized carbons (Fsp3) is 0.304. The van der Waals surface area contributed by atoms with E-state index in [2.05, 4.69) is 36.4 Å². The summed E-state index contributed by atoms with van der Waals surface area (Å²) in [4.78, 5) is 17.4. The lowest BCUT2D eigenvalue weighted by molar-refractivity contribution is -0.116. The van der Waals surface area contributed by atoms with Gasteiger partial charge in [0, 0.05) is 29.1 Å². The molecule has 0 radical (unpaired) electrons. The van der Waals surface area contributed by atoms with Crippen LogP contribution in [0.3, 0.4) is 0 Å². The van der Waals surface area contributed by atoms with E-state index in [4.69, 9.17) is 0 Å². The topological polar surface area (TPSA) is 77.6 Å². The zero-order chi connectivity index (χ0) is 23.1. The van der Waals surface area contributed by atoms with Crippen molar-refractivity contribution in [1.82, 2.24) is 24.5 Å². The van der Waals surface area contributed by atoms with Crippen LogP contribution in [-0.4, -0.2) is 30.5 Å². The Morgan fingerprint density at radius 3 is 2.82 bits per heavy atom. The van der Waals surface area contributed by atoms with Crippen LogP contribution < -0.4 is 5.32 Å². The van der Waals surface area contributed by atoms with Crippen LogP contribution in [-0.2, 0) is 17.9 Å². The van der Waals surface area contributed by atoms with Crippen molar-refractivity contribution >= 4 is 38.6 Å². The van der Waals surface area contributed by atoms with E-state index in [1.807, 2.05) is 24.4 Å². The normalized spacial score (nSPS) is 13.7. The Kier molecular flexibility index (Phi) is 5.69. The van der Waals surface area contributed by atoms with Gasteiger partial charge in [-0.3, -0.25) is 9.48 Å². The molecule has 0 spiro atoms. The van der Waals surface area contributed by atoms with Crippen LogP contribution in [0.1, 0.15) is 47.7 Å². The van der Waals surface area contributed by atoms with Gasteiger partial charge < -0.3 is 5.32 Å². The average Bonchev–Trinajstić information content (AvgIpc) is 3.47. The molecule has 10 heteroatoms. The number of rotatable bonds is 7. The molecule has 3 aromatic heterocycles. The Bertz CT molecular complexity index is 1340. The van der Waals surface area contributed by atoms with Crippen molar-refractivity contribution in [1.29, 1.82) is 0 Å². The molecule has 1 saturated carbocycles. The smallest absolute Gasteiger partial charge is 0.264 e.